The highest BCUT2D eigenvalue weighted by molar-refractivity contribution is 5.86. The van der Waals surface area contributed by atoms with E-state index in [1.54, 1.807) is 4.90 Å². The molecule has 5 nitrogen and oxygen atoms in total. The first-order valence-corrected chi connectivity index (χ1v) is 7.06. The molecule has 2 aliphatic rings. The fourth-order valence-electron chi connectivity index (χ4n) is 2.84. The topological polar surface area (TPSA) is 58.6 Å². The Morgan fingerprint density at radius 2 is 1.73 bits per heavy atom. The molecule has 0 spiro atoms. The van der Waals surface area contributed by atoms with Gasteiger partial charge in [0.1, 0.15) is 0 Å². The van der Waals surface area contributed by atoms with Gasteiger partial charge in [0.05, 0.1) is 0 Å². The van der Waals surface area contributed by atoms with Crippen LogP contribution in [0.2, 0.25) is 0 Å². The predicted molar refractivity (Wildman–Crippen MR) is 84.7 cm³/mol. The van der Waals surface area contributed by atoms with E-state index in [1.165, 1.54) is 18.1 Å². The normalized spacial score (nSPS) is 17.8. The number of benzene rings is 1. The summed E-state index contributed by atoms with van der Waals surface area (Å²) < 4.78 is 5.27. The first-order valence-electron chi connectivity index (χ1n) is 7.06. The Balaban J connectivity index is 0.00000176. The summed E-state index contributed by atoms with van der Waals surface area (Å²) in [6, 6.07) is 9.17. The van der Waals surface area contributed by atoms with Gasteiger partial charge in [0.2, 0.25) is 6.10 Å². The summed E-state index contributed by atoms with van der Waals surface area (Å²) in [6.45, 7) is 4.29. The lowest BCUT2D eigenvalue weighted by Crippen LogP contribution is -2.37. The van der Waals surface area contributed by atoms with Crippen LogP contribution >= 0.6 is 12.4 Å². The number of rotatable bonds is 3. The van der Waals surface area contributed by atoms with Gasteiger partial charge in [-0.05, 0) is 11.1 Å². The third kappa shape index (κ3) is 3.31. The van der Waals surface area contributed by atoms with Crippen molar-refractivity contribution in [2.45, 2.75) is 13.0 Å². The van der Waals surface area contributed by atoms with Crippen molar-refractivity contribution in [3.63, 3.8) is 0 Å². The van der Waals surface area contributed by atoms with Crippen molar-refractivity contribution < 1.29 is 14.3 Å². The summed E-state index contributed by atoms with van der Waals surface area (Å²) >= 11 is 0. The number of hydrogen-bond donors (Lipinski definition) is 1. The Bertz CT molecular complexity index is 585. The van der Waals surface area contributed by atoms with E-state index in [9.17, 15) is 9.59 Å². The molecular formula is C16H19ClN2O3. The minimum absolute atomic E-state index is 0. The average molecular weight is 323 g/mol. The van der Waals surface area contributed by atoms with Gasteiger partial charge in [0.25, 0.3) is 5.91 Å². The number of carbonyl (C=O) groups excluding carboxylic acids is 2. The lowest BCUT2D eigenvalue weighted by atomic mass is 10.1. The zero-order chi connectivity index (χ0) is 14.8. The maximum absolute atomic E-state index is 12.7. The molecule has 1 aromatic carbocycles. The highest BCUT2D eigenvalue weighted by atomic mass is 35.5. The summed E-state index contributed by atoms with van der Waals surface area (Å²) in [7, 11) is 0. The van der Waals surface area contributed by atoms with Crippen molar-refractivity contribution in [2.24, 2.45) is 0 Å². The molecule has 2 heterocycles. The molecule has 0 saturated heterocycles. The van der Waals surface area contributed by atoms with E-state index in [2.05, 4.69) is 5.32 Å². The largest absolute Gasteiger partial charge is 0.447 e. The number of nitrogens with one attached hydrogen (secondary N) is 1. The zero-order valence-electron chi connectivity index (χ0n) is 12.4. The van der Waals surface area contributed by atoms with Crippen LogP contribution in [0.5, 0.6) is 0 Å². The third-order valence-corrected chi connectivity index (χ3v) is 3.86. The van der Waals surface area contributed by atoms with E-state index in [0.29, 0.717) is 18.7 Å². The minimum Gasteiger partial charge on any atom is -0.447 e. The van der Waals surface area contributed by atoms with Crippen LogP contribution < -0.4 is 5.32 Å². The molecule has 0 aromatic heterocycles. The van der Waals surface area contributed by atoms with E-state index in [4.69, 9.17) is 4.74 Å². The number of nitrogens with zero attached hydrogens (tertiary/aromatic N) is 1. The number of esters is 1. The Morgan fingerprint density at radius 3 is 2.27 bits per heavy atom. The molecule has 22 heavy (non-hydrogen) atoms. The molecule has 0 saturated carbocycles. The molecule has 118 valence electrons. The Labute approximate surface area is 135 Å². The number of hydrogen-bond acceptors (Lipinski definition) is 4. The zero-order valence-corrected chi connectivity index (χ0v) is 13.2. The molecule has 0 bridgehead atoms. The van der Waals surface area contributed by atoms with Crippen molar-refractivity contribution in [2.75, 3.05) is 26.2 Å². The molecule has 0 aliphatic carbocycles. The number of carbonyl (C=O) groups is 2. The van der Waals surface area contributed by atoms with Crippen LogP contribution in [0.25, 0.3) is 0 Å². The minimum atomic E-state index is -0.850. The standard InChI is InChI=1S/C16H18N2O3.ClH/c1-11(19)21-15(12-5-3-2-4-6-12)16(20)18-9-13-7-17-8-14(13)10-18;/h2-6,15,17H,7-10H2,1H3;1H/t15-;/m0./s1. The third-order valence-electron chi connectivity index (χ3n) is 3.86. The molecule has 0 radical (unpaired) electrons. The van der Waals surface area contributed by atoms with Gasteiger partial charge < -0.3 is 15.0 Å². The first-order chi connectivity index (χ1) is 10.1. The van der Waals surface area contributed by atoms with Crippen LogP contribution in [-0.2, 0) is 14.3 Å². The molecule has 0 unspecified atom stereocenters. The van der Waals surface area contributed by atoms with Crippen molar-refractivity contribution >= 4 is 24.3 Å². The Morgan fingerprint density at radius 1 is 1.14 bits per heavy atom. The maximum Gasteiger partial charge on any atom is 0.303 e. The van der Waals surface area contributed by atoms with Crippen LogP contribution in [0.3, 0.4) is 0 Å². The van der Waals surface area contributed by atoms with Gasteiger partial charge in [-0.2, -0.15) is 0 Å². The SMILES string of the molecule is CC(=O)O[C@H](C(=O)N1CC2=C(CNC2)C1)c1ccccc1.Cl. The molecule has 3 rings (SSSR count). The van der Waals surface area contributed by atoms with E-state index in [0.717, 1.165) is 13.1 Å². The van der Waals surface area contributed by atoms with Gasteiger partial charge in [-0.3, -0.25) is 9.59 Å². The molecule has 6 heteroatoms. The molecule has 2 aliphatic heterocycles. The van der Waals surface area contributed by atoms with Crippen LogP contribution in [0, 0.1) is 0 Å². The van der Waals surface area contributed by atoms with Crippen LogP contribution in [-0.4, -0.2) is 43.0 Å². The van der Waals surface area contributed by atoms with E-state index in [-0.39, 0.29) is 18.3 Å². The lowest BCUT2D eigenvalue weighted by Gasteiger charge is -2.24. The van der Waals surface area contributed by atoms with E-state index < -0.39 is 12.1 Å². The molecule has 1 atom stereocenters. The molecule has 0 fully saturated rings. The van der Waals surface area contributed by atoms with Crippen molar-refractivity contribution in [3.8, 4) is 0 Å². The van der Waals surface area contributed by atoms with E-state index in [1.807, 2.05) is 30.3 Å². The molecule has 1 N–H and O–H groups in total. The summed E-state index contributed by atoms with van der Waals surface area (Å²) in [5.74, 6) is -0.593. The second-order valence-electron chi connectivity index (χ2n) is 5.41. The number of halogens is 1. The smallest absolute Gasteiger partial charge is 0.303 e. The second kappa shape index (κ2) is 6.94. The van der Waals surface area contributed by atoms with Crippen molar-refractivity contribution in [1.29, 1.82) is 0 Å². The lowest BCUT2D eigenvalue weighted by molar-refractivity contribution is -0.158. The molecular weight excluding hydrogens is 304 g/mol. The summed E-state index contributed by atoms with van der Waals surface area (Å²) in [4.78, 5) is 25.8. The highest BCUT2D eigenvalue weighted by Gasteiger charge is 2.34. The number of ether oxygens (including phenoxy) is 1. The van der Waals surface area contributed by atoms with Crippen molar-refractivity contribution in [3.05, 3.63) is 47.0 Å². The fourth-order valence-corrected chi connectivity index (χ4v) is 2.84. The van der Waals surface area contributed by atoms with Crippen LogP contribution in [0.15, 0.2) is 41.5 Å². The van der Waals surface area contributed by atoms with E-state index >= 15 is 0 Å². The van der Waals surface area contributed by atoms with Crippen LogP contribution in [0.4, 0.5) is 0 Å². The Hall–Kier alpha value is -1.85. The van der Waals surface area contributed by atoms with Gasteiger partial charge in [-0.15, -0.1) is 12.4 Å². The van der Waals surface area contributed by atoms with Gasteiger partial charge in [-0.1, -0.05) is 30.3 Å². The monoisotopic (exact) mass is 322 g/mol. The molecule has 1 aromatic rings. The summed E-state index contributed by atoms with van der Waals surface area (Å²) in [5, 5.41) is 3.28. The maximum atomic E-state index is 12.7. The second-order valence-corrected chi connectivity index (χ2v) is 5.41. The predicted octanol–water partition coefficient (Wildman–Crippen LogP) is 1.45. The van der Waals surface area contributed by atoms with Gasteiger partial charge in [0.15, 0.2) is 0 Å². The summed E-state index contributed by atoms with van der Waals surface area (Å²) in [5.41, 5.74) is 3.29. The first kappa shape index (κ1) is 16.5. The number of amides is 1. The average Bonchev–Trinajstić information content (AvgIpc) is 3.06. The van der Waals surface area contributed by atoms with Crippen molar-refractivity contribution in [1.82, 2.24) is 10.2 Å². The summed E-state index contributed by atoms with van der Waals surface area (Å²) in [6.07, 6.45) is -0.850. The fraction of sp³-hybridized carbons (Fsp3) is 0.375. The highest BCUT2D eigenvalue weighted by Crippen LogP contribution is 2.26. The molecule has 1 amide bonds. The Kier molecular flexibility index (Phi) is 5.21. The van der Waals surface area contributed by atoms with Gasteiger partial charge in [-0.25, -0.2) is 0 Å². The van der Waals surface area contributed by atoms with Gasteiger partial charge in [0, 0.05) is 38.7 Å². The van der Waals surface area contributed by atoms with Crippen LogP contribution in [0.1, 0.15) is 18.6 Å². The quantitative estimate of drug-likeness (QED) is 0.676. The van der Waals surface area contributed by atoms with Gasteiger partial charge >= 0.3 is 5.97 Å².